The highest BCUT2D eigenvalue weighted by Gasteiger charge is 2.15. The molecule has 0 aliphatic rings. The van der Waals surface area contributed by atoms with Gasteiger partial charge in [0.2, 0.25) is 0 Å². The summed E-state index contributed by atoms with van der Waals surface area (Å²) in [6, 6.07) is 16.6. The fourth-order valence-corrected chi connectivity index (χ4v) is 1.87. The van der Waals surface area contributed by atoms with Gasteiger partial charge in [0, 0.05) is 23.5 Å². The van der Waals surface area contributed by atoms with Gasteiger partial charge in [0.25, 0.3) is 5.91 Å². The number of carbonyl (C=O) groups is 1. The zero-order valence-corrected chi connectivity index (χ0v) is 10.3. The number of amides is 1. The molecule has 1 amide bonds. The molecule has 0 radical (unpaired) electrons. The first-order valence-corrected chi connectivity index (χ1v) is 5.95. The molecule has 2 aromatic carbocycles. The molecule has 0 atom stereocenters. The van der Waals surface area contributed by atoms with Crippen LogP contribution in [0.1, 0.15) is 17.3 Å². The van der Waals surface area contributed by atoms with E-state index in [9.17, 15) is 4.79 Å². The number of carbonyl (C=O) groups excluding carboxylic acids is 1. The van der Waals surface area contributed by atoms with Gasteiger partial charge in [0.05, 0.1) is 0 Å². The van der Waals surface area contributed by atoms with Crippen molar-refractivity contribution < 1.29 is 4.79 Å². The number of anilines is 2. The Bertz CT molecular complexity index is 537. The van der Waals surface area contributed by atoms with Crippen LogP contribution in [0.15, 0.2) is 54.6 Å². The Hall–Kier alpha value is -2.29. The van der Waals surface area contributed by atoms with Crippen molar-refractivity contribution in [2.24, 2.45) is 0 Å². The quantitative estimate of drug-likeness (QED) is 0.838. The van der Waals surface area contributed by atoms with Crippen molar-refractivity contribution in [3.8, 4) is 0 Å². The van der Waals surface area contributed by atoms with E-state index in [0.29, 0.717) is 17.8 Å². The van der Waals surface area contributed by atoms with E-state index in [-0.39, 0.29) is 5.91 Å². The SMILES string of the molecule is CCN(C(=O)c1ccccc1)c1cccc(N)c1. The van der Waals surface area contributed by atoms with Crippen molar-refractivity contribution in [1.29, 1.82) is 0 Å². The number of nitrogens with two attached hydrogens (primary N) is 1. The Morgan fingerprint density at radius 2 is 1.83 bits per heavy atom. The van der Waals surface area contributed by atoms with Crippen LogP contribution in [-0.4, -0.2) is 12.5 Å². The van der Waals surface area contributed by atoms with Crippen LogP contribution >= 0.6 is 0 Å². The van der Waals surface area contributed by atoms with E-state index in [1.165, 1.54) is 0 Å². The summed E-state index contributed by atoms with van der Waals surface area (Å²) in [4.78, 5) is 14.1. The molecular formula is C15H16N2O. The van der Waals surface area contributed by atoms with Crippen LogP contribution in [0.3, 0.4) is 0 Å². The van der Waals surface area contributed by atoms with Crippen LogP contribution < -0.4 is 10.6 Å². The molecule has 0 saturated heterocycles. The summed E-state index contributed by atoms with van der Waals surface area (Å²) in [5.41, 5.74) is 7.92. The van der Waals surface area contributed by atoms with Crippen molar-refractivity contribution >= 4 is 17.3 Å². The monoisotopic (exact) mass is 240 g/mol. The van der Waals surface area contributed by atoms with Crippen molar-refractivity contribution in [2.45, 2.75) is 6.92 Å². The standard InChI is InChI=1S/C15H16N2O/c1-2-17(14-10-6-9-13(16)11-14)15(18)12-7-4-3-5-8-12/h3-11H,2,16H2,1H3. The second-order valence-corrected chi connectivity index (χ2v) is 4.01. The normalized spacial score (nSPS) is 10.1. The number of rotatable bonds is 3. The van der Waals surface area contributed by atoms with Crippen molar-refractivity contribution in [2.75, 3.05) is 17.2 Å². The molecule has 0 saturated carbocycles. The van der Waals surface area contributed by atoms with E-state index in [2.05, 4.69) is 0 Å². The Morgan fingerprint density at radius 3 is 2.44 bits per heavy atom. The number of nitrogen functional groups attached to an aromatic ring is 1. The smallest absolute Gasteiger partial charge is 0.258 e. The fourth-order valence-electron chi connectivity index (χ4n) is 1.87. The van der Waals surface area contributed by atoms with Gasteiger partial charge in [-0.15, -0.1) is 0 Å². The summed E-state index contributed by atoms with van der Waals surface area (Å²) >= 11 is 0. The van der Waals surface area contributed by atoms with Gasteiger partial charge >= 0.3 is 0 Å². The summed E-state index contributed by atoms with van der Waals surface area (Å²) < 4.78 is 0. The van der Waals surface area contributed by atoms with Gasteiger partial charge in [0.15, 0.2) is 0 Å². The number of hydrogen-bond acceptors (Lipinski definition) is 2. The Balaban J connectivity index is 2.32. The largest absolute Gasteiger partial charge is 0.399 e. The lowest BCUT2D eigenvalue weighted by Crippen LogP contribution is -2.30. The average Bonchev–Trinajstić information content (AvgIpc) is 2.40. The molecule has 0 fully saturated rings. The maximum atomic E-state index is 12.4. The van der Waals surface area contributed by atoms with Crippen LogP contribution in [0.4, 0.5) is 11.4 Å². The Kier molecular flexibility index (Phi) is 3.63. The highest BCUT2D eigenvalue weighted by molar-refractivity contribution is 6.06. The molecule has 0 aliphatic carbocycles. The topological polar surface area (TPSA) is 46.3 Å². The van der Waals surface area contributed by atoms with E-state index in [0.717, 1.165) is 5.69 Å². The zero-order chi connectivity index (χ0) is 13.0. The maximum Gasteiger partial charge on any atom is 0.258 e. The molecular weight excluding hydrogens is 224 g/mol. The summed E-state index contributed by atoms with van der Waals surface area (Å²) in [6.07, 6.45) is 0. The summed E-state index contributed by atoms with van der Waals surface area (Å²) in [6.45, 7) is 2.56. The number of benzene rings is 2. The lowest BCUT2D eigenvalue weighted by atomic mass is 10.1. The van der Waals surface area contributed by atoms with Gasteiger partial charge in [-0.2, -0.15) is 0 Å². The second-order valence-electron chi connectivity index (χ2n) is 4.01. The first-order valence-electron chi connectivity index (χ1n) is 5.95. The Labute approximate surface area is 107 Å². The lowest BCUT2D eigenvalue weighted by Gasteiger charge is -2.21. The molecule has 3 heteroatoms. The van der Waals surface area contributed by atoms with Gasteiger partial charge in [-0.3, -0.25) is 4.79 Å². The molecule has 0 aliphatic heterocycles. The summed E-state index contributed by atoms with van der Waals surface area (Å²) in [7, 11) is 0. The molecule has 2 aromatic rings. The first-order chi connectivity index (χ1) is 8.72. The van der Waals surface area contributed by atoms with Crippen LogP contribution in [0, 0.1) is 0 Å². The third-order valence-electron chi connectivity index (χ3n) is 2.76. The lowest BCUT2D eigenvalue weighted by molar-refractivity contribution is 0.0988. The number of hydrogen-bond donors (Lipinski definition) is 1. The third kappa shape index (κ3) is 2.51. The van der Waals surface area contributed by atoms with Gasteiger partial charge in [-0.1, -0.05) is 24.3 Å². The van der Waals surface area contributed by atoms with E-state index in [1.54, 1.807) is 4.90 Å². The minimum Gasteiger partial charge on any atom is -0.399 e. The van der Waals surface area contributed by atoms with Gasteiger partial charge in [0.1, 0.15) is 0 Å². The van der Waals surface area contributed by atoms with Gasteiger partial charge < -0.3 is 10.6 Å². The highest BCUT2D eigenvalue weighted by Crippen LogP contribution is 2.19. The fraction of sp³-hybridized carbons (Fsp3) is 0.133. The molecule has 3 nitrogen and oxygen atoms in total. The van der Waals surface area contributed by atoms with E-state index in [4.69, 9.17) is 5.73 Å². The minimum atomic E-state index is -0.0105. The number of nitrogens with zero attached hydrogens (tertiary/aromatic N) is 1. The Morgan fingerprint density at radius 1 is 1.11 bits per heavy atom. The van der Waals surface area contributed by atoms with E-state index in [1.807, 2.05) is 61.5 Å². The van der Waals surface area contributed by atoms with Crippen LogP contribution in [0.25, 0.3) is 0 Å². The van der Waals surface area contributed by atoms with Crippen molar-refractivity contribution in [3.05, 3.63) is 60.2 Å². The minimum absolute atomic E-state index is 0.0105. The van der Waals surface area contributed by atoms with Gasteiger partial charge in [-0.25, -0.2) is 0 Å². The first kappa shape index (κ1) is 12.2. The molecule has 0 unspecified atom stereocenters. The van der Waals surface area contributed by atoms with E-state index >= 15 is 0 Å². The summed E-state index contributed by atoms with van der Waals surface area (Å²) in [5, 5.41) is 0. The molecule has 2 rings (SSSR count). The second kappa shape index (κ2) is 5.36. The summed E-state index contributed by atoms with van der Waals surface area (Å²) in [5.74, 6) is -0.0105. The molecule has 0 spiro atoms. The van der Waals surface area contributed by atoms with Crippen LogP contribution in [0.2, 0.25) is 0 Å². The van der Waals surface area contributed by atoms with Crippen LogP contribution in [0.5, 0.6) is 0 Å². The molecule has 0 aromatic heterocycles. The predicted molar refractivity (Wildman–Crippen MR) is 74.6 cm³/mol. The van der Waals surface area contributed by atoms with Crippen molar-refractivity contribution in [1.82, 2.24) is 0 Å². The zero-order valence-electron chi connectivity index (χ0n) is 10.3. The molecule has 18 heavy (non-hydrogen) atoms. The average molecular weight is 240 g/mol. The molecule has 2 N–H and O–H groups in total. The molecule has 92 valence electrons. The highest BCUT2D eigenvalue weighted by atomic mass is 16.2. The third-order valence-corrected chi connectivity index (χ3v) is 2.76. The van der Waals surface area contributed by atoms with Crippen LogP contribution in [-0.2, 0) is 0 Å². The predicted octanol–water partition coefficient (Wildman–Crippen LogP) is 2.94. The van der Waals surface area contributed by atoms with E-state index < -0.39 is 0 Å². The maximum absolute atomic E-state index is 12.4. The van der Waals surface area contributed by atoms with Gasteiger partial charge in [-0.05, 0) is 37.3 Å². The molecule has 0 bridgehead atoms. The van der Waals surface area contributed by atoms with Crippen molar-refractivity contribution in [3.63, 3.8) is 0 Å². The molecule has 0 heterocycles.